The zero-order valence-corrected chi connectivity index (χ0v) is 33.4. The largest absolute Gasteiger partial charge is 0.494 e. The number of halogens is 2. The Labute approximate surface area is 304 Å². The van der Waals surface area contributed by atoms with Crippen LogP contribution in [0.15, 0.2) is 28.9 Å². The highest BCUT2D eigenvalue weighted by molar-refractivity contribution is 9.10. The van der Waals surface area contributed by atoms with Gasteiger partial charge in [-0.1, -0.05) is 6.92 Å². The molecule has 0 bridgehead atoms. The summed E-state index contributed by atoms with van der Waals surface area (Å²) < 4.78 is 57.7. The van der Waals surface area contributed by atoms with Crippen molar-refractivity contribution < 1.29 is 22.1 Å². The van der Waals surface area contributed by atoms with E-state index in [1.54, 1.807) is 40.5 Å². The summed E-state index contributed by atoms with van der Waals surface area (Å²) >= 11 is 3.52. The zero-order valence-electron chi connectivity index (χ0n) is 30.1. The van der Waals surface area contributed by atoms with Crippen molar-refractivity contribution in [1.82, 2.24) is 19.8 Å². The molecule has 0 spiro atoms. The second-order valence-electron chi connectivity index (χ2n) is 13.8. The Morgan fingerprint density at radius 1 is 1.02 bits per heavy atom. The van der Waals surface area contributed by atoms with Crippen molar-refractivity contribution >= 4 is 67.0 Å². The molecule has 0 atom stereocenters. The van der Waals surface area contributed by atoms with Gasteiger partial charge in [-0.25, -0.2) is 17.8 Å². The van der Waals surface area contributed by atoms with E-state index in [1.807, 2.05) is 0 Å². The van der Waals surface area contributed by atoms with Crippen LogP contribution in [0.3, 0.4) is 0 Å². The summed E-state index contributed by atoms with van der Waals surface area (Å²) in [6, 6.07) is 6.08. The number of aryl methyl sites for hydroxylation is 1. The van der Waals surface area contributed by atoms with Crippen molar-refractivity contribution in [3.63, 3.8) is 0 Å². The van der Waals surface area contributed by atoms with E-state index in [0.717, 1.165) is 69.9 Å². The number of sulfone groups is 1. The Morgan fingerprint density at radius 2 is 1.70 bits per heavy atom. The average Bonchev–Trinajstić information content (AvgIpc) is 3.07. The summed E-state index contributed by atoms with van der Waals surface area (Å²) in [6.07, 6.45) is 5.88. The van der Waals surface area contributed by atoms with Gasteiger partial charge in [-0.05, 0) is 91.2 Å². The van der Waals surface area contributed by atoms with E-state index in [2.05, 4.69) is 65.3 Å². The van der Waals surface area contributed by atoms with Gasteiger partial charge in [0.1, 0.15) is 34.4 Å². The molecule has 0 amide bonds. The van der Waals surface area contributed by atoms with Gasteiger partial charge in [-0.3, -0.25) is 9.80 Å². The maximum absolute atomic E-state index is 14.8. The van der Waals surface area contributed by atoms with Crippen molar-refractivity contribution in [1.29, 1.82) is 0 Å². The van der Waals surface area contributed by atoms with Gasteiger partial charge in [-0.15, -0.1) is 0 Å². The highest BCUT2D eigenvalue weighted by Crippen LogP contribution is 2.42. The molecular formula is C35H50BrFN7O4PS. The number of piperazine rings is 1. The maximum atomic E-state index is 14.8. The van der Waals surface area contributed by atoms with E-state index in [-0.39, 0.29) is 11.6 Å². The summed E-state index contributed by atoms with van der Waals surface area (Å²) in [6.45, 7) is 15.2. The lowest BCUT2D eigenvalue weighted by Crippen LogP contribution is -2.53. The number of piperidine rings is 1. The fourth-order valence-electron chi connectivity index (χ4n) is 6.99. The molecule has 0 unspecified atom stereocenters. The first-order valence-corrected chi connectivity index (χ1v) is 22.5. The number of hydrogen-bond acceptors (Lipinski definition) is 11. The molecule has 2 aliphatic rings. The molecule has 0 aliphatic carbocycles. The zero-order chi connectivity index (χ0) is 36.4. The first kappa shape index (κ1) is 38.5. The van der Waals surface area contributed by atoms with Gasteiger partial charge < -0.3 is 24.8 Å². The number of nitrogens with zero attached hydrogens (tertiary/aromatic N) is 5. The molecular weight excluding hydrogens is 744 g/mol. The van der Waals surface area contributed by atoms with Crippen molar-refractivity contribution in [2.75, 3.05) is 93.8 Å². The number of hydrogen-bond donors (Lipinski definition) is 2. The highest BCUT2D eigenvalue weighted by Gasteiger charge is 2.29. The Bertz CT molecular complexity index is 1860. The van der Waals surface area contributed by atoms with Crippen LogP contribution in [0, 0.1) is 19.7 Å². The third-order valence-electron chi connectivity index (χ3n) is 9.87. The second kappa shape index (κ2) is 15.9. The third kappa shape index (κ3) is 9.17. The summed E-state index contributed by atoms with van der Waals surface area (Å²) in [5.74, 6) is 1.24. The van der Waals surface area contributed by atoms with Gasteiger partial charge in [0.2, 0.25) is 5.95 Å². The Hall–Kier alpha value is -2.77. The van der Waals surface area contributed by atoms with Crippen LogP contribution in [0.2, 0.25) is 0 Å². The molecule has 5 rings (SSSR count). The first-order valence-electron chi connectivity index (χ1n) is 17.1. The minimum atomic E-state index is -2.95. The summed E-state index contributed by atoms with van der Waals surface area (Å²) in [5.41, 5.74) is 4.62. The quantitative estimate of drug-likeness (QED) is 0.213. The van der Waals surface area contributed by atoms with E-state index < -0.39 is 17.0 Å². The standard InChI is InChI=1S/C35H50BrFN7O4PS/c1-8-25-19-29(40-35-38-22-27(36)34(41-35)39-30-20-28(37)23(2)24(3)33(30)49(5,6)45)32(48-4)21-31(25)44-11-9-26(10-12-44)43-15-13-42(14-16-43)17-18-50(7,46)47/h19-22,26H,8-18H2,1-7H3,(H2,38,39,40,41). The lowest BCUT2D eigenvalue weighted by molar-refractivity contribution is 0.0882. The van der Waals surface area contributed by atoms with Crippen LogP contribution >= 0.6 is 23.1 Å². The summed E-state index contributed by atoms with van der Waals surface area (Å²) in [4.78, 5) is 16.5. The summed E-state index contributed by atoms with van der Waals surface area (Å²) in [5, 5.41) is 7.13. The molecule has 2 aliphatic heterocycles. The molecule has 2 N–H and O–H groups in total. The molecule has 0 saturated carbocycles. The maximum Gasteiger partial charge on any atom is 0.229 e. The van der Waals surface area contributed by atoms with Gasteiger partial charge >= 0.3 is 0 Å². The number of aromatic nitrogens is 2. The molecule has 50 heavy (non-hydrogen) atoms. The Morgan fingerprint density at radius 3 is 2.30 bits per heavy atom. The number of rotatable bonds is 12. The molecule has 3 aromatic rings. The highest BCUT2D eigenvalue weighted by atomic mass is 79.9. The second-order valence-corrected chi connectivity index (χ2v) is 20.0. The molecule has 11 nitrogen and oxygen atoms in total. The Balaban J connectivity index is 1.29. The molecule has 15 heteroatoms. The third-order valence-corrected chi connectivity index (χ3v) is 13.0. The minimum absolute atomic E-state index is 0.219. The van der Waals surface area contributed by atoms with Crippen LogP contribution in [0.1, 0.15) is 36.5 Å². The number of nitrogens with one attached hydrogen (secondary N) is 2. The number of anilines is 5. The van der Waals surface area contributed by atoms with Gasteiger partial charge in [0.25, 0.3) is 0 Å². The van der Waals surface area contributed by atoms with Crippen molar-refractivity contribution in [3.05, 3.63) is 51.4 Å². The van der Waals surface area contributed by atoms with Gasteiger partial charge in [-0.2, -0.15) is 4.98 Å². The van der Waals surface area contributed by atoms with Gasteiger partial charge in [0, 0.05) is 81.4 Å². The van der Waals surface area contributed by atoms with E-state index in [0.29, 0.717) is 56.7 Å². The topological polar surface area (TPSA) is 120 Å². The lowest BCUT2D eigenvalue weighted by atomic mass is 9.99. The van der Waals surface area contributed by atoms with Crippen LogP contribution in [0.25, 0.3) is 0 Å². The lowest BCUT2D eigenvalue weighted by Gasteiger charge is -2.43. The fourth-order valence-corrected chi connectivity index (χ4v) is 9.55. The van der Waals surface area contributed by atoms with E-state index in [1.165, 1.54) is 17.9 Å². The van der Waals surface area contributed by atoms with Crippen LogP contribution in [-0.4, -0.2) is 112 Å². The monoisotopic (exact) mass is 793 g/mol. The normalized spacial score (nSPS) is 16.9. The van der Waals surface area contributed by atoms with E-state index in [4.69, 9.17) is 9.72 Å². The van der Waals surface area contributed by atoms with Crippen LogP contribution < -0.4 is 25.6 Å². The smallest absolute Gasteiger partial charge is 0.229 e. The molecule has 3 heterocycles. The predicted molar refractivity (Wildman–Crippen MR) is 207 cm³/mol. The molecule has 1 aromatic heterocycles. The SMILES string of the molecule is CCc1cc(Nc2ncc(Br)c(Nc3cc(F)c(C)c(C)c3P(C)(C)=O)n2)c(OC)cc1N1CCC(N2CCN(CCS(C)(=O)=O)CC2)CC1. The van der Waals surface area contributed by atoms with Gasteiger partial charge in [0.15, 0.2) is 0 Å². The number of methoxy groups -OCH3 is 1. The van der Waals surface area contributed by atoms with Gasteiger partial charge in [0.05, 0.1) is 28.7 Å². The van der Waals surface area contributed by atoms with Crippen molar-refractivity contribution in [2.45, 2.75) is 46.1 Å². The molecule has 2 fully saturated rings. The predicted octanol–water partition coefficient (Wildman–Crippen LogP) is 5.93. The molecule has 2 aromatic carbocycles. The fraction of sp³-hybridized carbons (Fsp3) is 0.543. The number of benzene rings is 2. The number of ether oxygens (including phenoxy) is 1. The first-order chi connectivity index (χ1) is 23.6. The van der Waals surface area contributed by atoms with Crippen molar-refractivity contribution in [3.8, 4) is 5.75 Å². The van der Waals surface area contributed by atoms with Crippen molar-refractivity contribution in [2.24, 2.45) is 0 Å². The molecule has 2 saturated heterocycles. The Kier molecular flexibility index (Phi) is 12.2. The van der Waals surface area contributed by atoms with E-state index in [9.17, 15) is 17.4 Å². The van der Waals surface area contributed by atoms with Crippen LogP contribution in [0.5, 0.6) is 5.75 Å². The average molecular weight is 795 g/mol. The molecule has 0 radical (unpaired) electrons. The summed E-state index contributed by atoms with van der Waals surface area (Å²) in [7, 11) is -4.06. The molecule has 274 valence electrons. The minimum Gasteiger partial charge on any atom is -0.494 e. The van der Waals surface area contributed by atoms with Crippen LogP contribution in [0.4, 0.5) is 33.2 Å². The van der Waals surface area contributed by atoms with E-state index >= 15 is 0 Å². The van der Waals surface area contributed by atoms with Crippen LogP contribution in [-0.2, 0) is 20.8 Å².